The van der Waals surface area contributed by atoms with Gasteiger partial charge in [-0.1, -0.05) is 17.7 Å². The number of carbonyl (C=O) groups excluding carboxylic acids is 1. The first-order valence-corrected chi connectivity index (χ1v) is 4.53. The van der Waals surface area contributed by atoms with Gasteiger partial charge in [-0.25, -0.2) is 0 Å². The summed E-state index contributed by atoms with van der Waals surface area (Å²) >= 11 is 0. The smallest absolute Gasteiger partial charge is 0.318 e. The fourth-order valence-electron chi connectivity index (χ4n) is 0.892. The Hall–Kier alpha value is -1.52. The van der Waals surface area contributed by atoms with Gasteiger partial charge in [-0.2, -0.15) is 13.2 Å². The minimum Gasteiger partial charge on any atom is -0.318 e. The van der Waals surface area contributed by atoms with Crippen molar-refractivity contribution in [1.82, 2.24) is 5.32 Å². The Labute approximate surface area is 92.5 Å². The SMILES string of the molecule is C=C(C)/C=C(\C=C(C)C)NC(=O)C(F)(F)F. The quantitative estimate of drug-likeness (QED) is 0.745. The Kier molecular flexibility index (Phi) is 5.01. The summed E-state index contributed by atoms with van der Waals surface area (Å²) in [7, 11) is 0. The summed E-state index contributed by atoms with van der Waals surface area (Å²) in [6.45, 7) is 8.59. The van der Waals surface area contributed by atoms with Gasteiger partial charge in [0, 0.05) is 5.70 Å². The normalized spacial score (nSPS) is 12.0. The van der Waals surface area contributed by atoms with Gasteiger partial charge < -0.3 is 5.32 Å². The van der Waals surface area contributed by atoms with E-state index in [0.29, 0.717) is 5.57 Å². The molecule has 0 atom stereocenters. The minimum absolute atomic E-state index is 0.0785. The molecule has 1 amide bonds. The van der Waals surface area contributed by atoms with Gasteiger partial charge >= 0.3 is 12.1 Å². The Balaban J connectivity index is 4.91. The van der Waals surface area contributed by atoms with Crippen LogP contribution in [0.4, 0.5) is 13.2 Å². The summed E-state index contributed by atoms with van der Waals surface area (Å²) in [6.07, 6.45) is -2.07. The number of carbonyl (C=O) groups is 1. The highest BCUT2D eigenvalue weighted by atomic mass is 19.4. The maximum absolute atomic E-state index is 12.0. The van der Waals surface area contributed by atoms with E-state index in [1.165, 1.54) is 12.2 Å². The topological polar surface area (TPSA) is 29.1 Å². The number of hydrogen-bond donors (Lipinski definition) is 1. The lowest BCUT2D eigenvalue weighted by molar-refractivity contribution is -0.172. The highest BCUT2D eigenvalue weighted by molar-refractivity contribution is 5.83. The molecular formula is C11H14F3NO. The van der Waals surface area contributed by atoms with Crippen molar-refractivity contribution in [3.05, 3.63) is 35.6 Å². The number of rotatable bonds is 3. The summed E-state index contributed by atoms with van der Waals surface area (Å²) in [5, 5.41) is 1.78. The van der Waals surface area contributed by atoms with Gasteiger partial charge in [0.2, 0.25) is 0 Å². The van der Waals surface area contributed by atoms with E-state index in [9.17, 15) is 18.0 Å². The van der Waals surface area contributed by atoms with E-state index >= 15 is 0 Å². The fourth-order valence-corrected chi connectivity index (χ4v) is 0.892. The van der Waals surface area contributed by atoms with Crippen molar-refractivity contribution in [2.45, 2.75) is 26.9 Å². The molecule has 5 heteroatoms. The Morgan fingerprint density at radius 2 is 1.69 bits per heavy atom. The lowest BCUT2D eigenvalue weighted by Gasteiger charge is -2.09. The molecule has 0 aliphatic rings. The zero-order chi connectivity index (χ0) is 12.9. The fraction of sp³-hybridized carbons (Fsp3) is 0.364. The second kappa shape index (κ2) is 5.53. The first-order valence-electron chi connectivity index (χ1n) is 4.53. The number of allylic oxidation sites excluding steroid dienone is 4. The van der Waals surface area contributed by atoms with Crippen molar-refractivity contribution in [2.75, 3.05) is 0 Å². The Bertz CT molecular complexity index is 347. The molecule has 0 aromatic heterocycles. The van der Waals surface area contributed by atoms with Gasteiger partial charge in [0.05, 0.1) is 0 Å². The third kappa shape index (κ3) is 6.06. The zero-order valence-corrected chi connectivity index (χ0v) is 9.40. The highest BCUT2D eigenvalue weighted by Gasteiger charge is 2.38. The summed E-state index contributed by atoms with van der Waals surface area (Å²) in [6, 6.07) is 0. The molecule has 0 aliphatic carbocycles. The van der Waals surface area contributed by atoms with E-state index in [1.807, 2.05) is 0 Å². The molecule has 0 aliphatic heterocycles. The lowest BCUT2D eigenvalue weighted by atomic mass is 10.2. The first kappa shape index (κ1) is 14.5. The van der Waals surface area contributed by atoms with Gasteiger partial charge in [0.1, 0.15) is 0 Å². The van der Waals surface area contributed by atoms with Crippen LogP contribution in [-0.4, -0.2) is 12.1 Å². The van der Waals surface area contributed by atoms with E-state index in [1.54, 1.807) is 26.1 Å². The van der Waals surface area contributed by atoms with Crippen molar-refractivity contribution in [3.8, 4) is 0 Å². The molecule has 2 nitrogen and oxygen atoms in total. The van der Waals surface area contributed by atoms with E-state index < -0.39 is 12.1 Å². The van der Waals surface area contributed by atoms with Crippen LogP contribution in [0.25, 0.3) is 0 Å². The maximum Gasteiger partial charge on any atom is 0.471 e. The number of hydrogen-bond acceptors (Lipinski definition) is 1. The second-order valence-corrected chi connectivity index (χ2v) is 3.62. The van der Waals surface area contributed by atoms with Gasteiger partial charge in [0.15, 0.2) is 0 Å². The Morgan fingerprint density at radius 3 is 2.00 bits per heavy atom. The van der Waals surface area contributed by atoms with Crippen molar-refractivity contribution >= 4 is 5.91 Å². The van der Waals surface area contributed by atoms with E-state index in [4.69, 9.17) is 0 Å². The molecule has 0 heterocycles. The molecule has 0 unspecified atom stereocenters. The monoisotopic (exact) mass is 233 g/mol. The third-order valence-corrected chi connectivity index (χ3v) is 1.36. The number of nitrogens with one attached hydrogen (secondary N) is 1. The molecule has 0 aromatic rings. The van der Waals surface area contributed by atoms with E-state index in [0.717, 1.165) is 5.57 Å². The van der Waals surface area contributed by atoms with Crippen LogP contribution in [0.3, 0.4) is 0 Å². The van der Waals surface area contributed by atoms with Crippen molar-refractivity contribution < 1.29 is 18.0 Å². The molecule has 0 radical (unpaired) electrons. The summed E-state index contributed by atoms with van der Waals surface area (Å²) in [5.74, 6) is -1.99. The minimum atomic E-state index is -4.89. The molecule has 0 rings (SSSR count). The standard InChI is InChI=1S/C11H14F3NO/c1-7(2)5-9(6-8(3)4)15-10(16)11(12,13)14/h5-6H,1H2,2-4H3,(H,15,16)/b9-5+. The van der Waals surface area contributed by atoms with Gasteiger partial charge in [0.25, 0.3) is 0 Å². The van der Waals surface area contributed by atoms with Crippen LogP contribution in [0.2, 0.25) is 0 Å². The number of halogens is 3. The third-order valence-electron chi connectivity index (χ3n) is 1.36. The van der Waals surface area contributed by atoms with Gasteiger partial charge in [-0.3, -0.25) is 4.79 Å². The second-order valence-electron chi connectivity index (χ2n) is 3.62. The zero-order valence-electron chi connectivity index (χ0n) is 9.40. The van der Waals surface area contributed by atoms with Crippen LogP contribution < -0.4 is 5.32 Å². The maximum atomic E-state index is 12.0. The molecular weight excluding hydrogens is 219 g/mol. The van der Waals surface area contributed by atoms with Crippen LogP contribution in [0.1, 0.15) is 20.8 Å². The lowest BCUT2D eigenvalue weighted by Crippen LogP contribution is -2.35. The van der Waals surface area contributed by atoms with Crippen molar-refractivity contribution in [1.29, 1.82) is 0 Å². The van der Waals surface area contributed by atoms with Crippen molar-refractivity contribution in [2.24, 2.45) is 0 Å². The molecule has 0 saturated heterocycles. The molecule has 0 aromatic carbocycles. The van der Waals surface area contributed by atoms with E-state index in [2.05, 4.69) is 6.58 Å². The summed E-state index contributed by atoms with van der Waals surface area (Å²) in [4.78, 5) is 10.7. The van der Waals surface area contributed by atoms with E-state index in [-0.39, 0.29) is 5.70 Å². The van der Waals surface area contributed by atoms with Crippen LogP contribution in [0.15, 0.2) is 35.6 Å². The van der Waals surface area contributed by atoms with Crippen molar-refractivity contribution in [3.63, 3.8) is 0 Å². The predicted octanol–water partition coefficient (Wildman–Crippen LogP) is 3.09. The predicted molar refractivity (Wildman–Crippen MR) is 56.5 cm³/mol. The molecule has 0 bridgehead atoms. The molecule has 16 heavy (non-hydrogen) atoms. The molecule has 90 valence electrons. The van der Waals surface area contributed by atoms with Gasteiger partial charge in [-0.05, 0) is 32.9 Å². The van der Waals surface area contributed by atoms with Crippen LogP contribution in [-0.2, 0) is 4.79 Å². The average Bonchev–Trinajstić information content (AvgIpc) is 1.98. The Morgan fingerprint density at radius 1 is 1.19 bits per heavy atom. The molecule has 0 fully saturated rings. The highest BCUT2D eigenvalue weighted by Crippen LogP contribution is 2.15. The molecule has 0 saturated carbocycles. The van der Waals surface area contributed by atoms with Gasteiger partial charge in [-0.15, -0.1) is 0 Å². The largest absolute Gasteiger partial charge is 0.471 e. The number of amides is 1. The van der Waals surface area contributed by atoms with Crippen LogP contribution in [0, 0.1) is 0 Å². The average molecular weight is 233 g/mol. The van der Waals surface area contributed by atoms with Crippen LogP contribution in [0.5, 0.6) is 0 Å². The molecule has 0 spiro atoms. The summed E-state index contributed by atoms with van der Waals surface area (Å²) < 4.78 is 36.0. The first-order chi connectivity index (χ1) is 7.12. The molecule has 1 N–H and O–H groups in total. The number of alkyl halides is 3. The van der Waals surface area contributed by atoms with Crippen LogP contribution >= 0.6 is 0 Å². The summed E-state index contributed by atoms with van der Waals surface area (Å²) in [5.41, 5.74) is 1.40.